The Morgan fingerprint density at radius 2 is 1.87 bits per heavy atom. The van der Waals surface area contributed by atoms with Crippen LogP contribution in [-0.4, -0.2) is 61.9 Å². The molecule has 10 heteroatoms. The summed E-state index contributed by atoms with van der Waals surface area (Å²) >= 11 is 0. The lowest BCUT2D eigenvalue weighted by Crippen LogP contribution is -2.33. The lowest BCUT2D eigenvalue weighted by Gasteiger charge is -2.26. The molecule has 31 heavy (non-hydrogen) atoms. The first-order valence-corrected chi connectivity index (χ1v) is 11.8. The van der Waals surface area contributed by atoms with Gasteiger partial charge in [-0.2, -0.15) is 4.31 Å². The molecule has 0 bridgehead atoms. The van der Waals surface area contributed by atoms with Crippen molar-refractivity contribution < 1.29 is 22.7 Å². The summed E-state index contributed by atoms with van der Waals surface area (Å²) in [5.74, 6) is 2.15. The highest BCUT2D eigenvalue weighted by molar-refractivity contribution is 7.89. The Kier molecular flexibility index (Phi) is 4.86. The summed E-state index contributed by atoms with van der Waals surface area (Å²) in [6.07, 6.45) is 1.72. The van der Waals surface area contributed by atoms with E-state index in [4.69, 9.17) is 9.47 Å². The quantitative estimate of drug-likeness (QED) is 0.709. The molecule has 0 unspecified atom stereocenters. The van der Waals surface area contributed by atoms with Crippen LogP contribution in [0.1, 0.15) is 35.8 Å². The number of carbonyl (C=O) groups excluding carboxylic acids is 1. The van der Waals surface area contributed by atoms with E-state index in [2.05, 4.69) is 9.97 Å². The zero-order chi connectivity index (χ0) is 21.8. The fraction of sp³-hybridized carbons (Fsp3) is 0.476. The number of hydrogen-bond acceptors (Lipinski definition) is 7. The number of rotatable bonds is 3. The SMILES string of the molecule is Cc1nc([C@@H]2CCN(S(=O)(=O)c3ccc4c(c3)OCCO4)C2)nc2c1CCC(=O)N2C. The fourth-order valence-electron chi connectivity index (χ4n) is 4.36. The van der Waals surface area contributed by atoms with Crippen molar-refractivity contribution in [1.82, 2.24) is 14.3 Å². The van der Waals surface area contributed by atoms with Gasteiger partial charge in [-0.05, 0) is 31.9 Å². The van der Waals surface area contributed by atoms with Crippen LogP contribution in [0.2, 0.25) is 0 Å². The van der Waals surface area contributed by atoms with E-state index in [1.54, 1.807) is 24.1 Å². The molecule has 4 heterocycles. The molecule has 1 amide bonds. The summed E-state index contributed by atoms with van der Waals surface area (Å²) in [4.78, 5) is 23.2. The van der Waals surface area contributed by atoms with Gasteiger partial charge < -0.3 is 9.47 Å². The molecule has 2 aromatic rings. The number of anilines is 1. The van der Waals surface area contributed by atoms with Crippen LogP contribution in [0.25, 0.3) is 0 Å². The molecule has 1 saturated heterocycles. The predicted molar refractivity (Wildman–Crippen MR) is 112 cm³/mol. The van der Waals surface area contributed by atoms with Crippen molar-refractivity contribution in [3.05, 3.63) is 35.3 Å². The van der Waals surface area contributed by atoms with Crippen LogP contribution in [0.5, 0.6) is 11.5 Å². The van der Waals surface area contributed by atoms with Crippen molar-refractivity contribution in [2.24, 2.45) is 0 Å². The second-order valence-corrected chi connectivity index (χ2v) is 10.0. The Balaban J connectivity index is 1.40. The largest absolute Gasteiger partial charge is 0.486 e. The molecule has 9 nitrogen and oxygen atoms in total. The monoisotopic (exact) mass is 444 g/mol. The Hall–Kier alpha value is -2.72. The van der Waals surface area contributed by atoms with Crippen molar-refractivity contribution in [3.63, 3.8) is 0 Å². The van der Waals surface area contributed by atoms with Crippen LogP contribution in [-0.2, 0) is 21.2 Å². The minimum atomic E-state index is -3.68. The molecule has 1 fully saturated rings. The third-order valence-corrected chi connectivity index (χ3v) is 8.02. The number of aromatic nitrogens is 2. The van der Waals surface area contributed by atoms with Gasteiger partial charge in [0.05, 0.1) is 4.90 Å². The van der Waals surface area contributed by atoms with Crippen LogP contribution in [0.4, 0.5) is 5.82 Å². The maximum absolute atomic E-state index is 13.2. The normalized spacial score (nSPS) is 21.3. The van der Waals surface area contributed by atoms with E-state index in [-0.39, 0.29) is 16.7 Å². The third-order valence-electron chi connectivity index (χ3n) is 6.16. The molecular weight excluding hydrogens is 420 g/mol. The van der Waals surface area contributed by atoms with E-state index in [9.17, 15) is 13.2 Å². The highest BCUT2D eigenvalue weighted by Crippen LogP contribution is 2.36. The third kappa shape index (κ3) is 3.43. The van der Waals surface area contributed by atoms with Gasteiger partial charge in [-0.25, -0.2) is 18.4 Å². The summed E-state index contributed by atoms with van der Waals surface area (Å²) < 4.78 is 38.9. The molecule has 1 aromatic heterocycles. The summed E-state index contributed by atoms with van der Waals surface area (Å²) in [6, 6.07) is 4.71. The molecule has 0 N–H and O–H groups in total. The number of benzene rings is 1. The number of ether oxygens (including phenoxy) is 2. The molecule has 0 saturated carbocycles. The maximum Gasteiger partial charge on any atom is 0.243 e. The molecule has 1 aromatic carbocycles. The van der Waals surface area contributed by atoms with E-state index in [0.29, 0.717) is 68.7 Å². The number of amides is 1. The summed E-state index contributed by atoms with van der Waals surface area (Å²) in [5, 5.41) is 0. The van der Waals surface area contributed by atoms with Crippen LogP contribution >= 0.6 is 0 Å². The zero-order valence-corrected chi connectivity index (χ0v) is 18.3. The molecule has 0 aliphatic carbocycles. The summed E-state index contributed by atoms with van der Waals surface area (Å²) in [7, 11) is -1.96. The van der Waals surface area contributed by atoms with E-state index in [1.165, 1.54) is 10.4 Å². The van der Waals surface area contributed by atoms with Gasteiger partial charge in [0.2, 0.25) is 15.9 Å². The maximum atomic E-state index is 13.2. The van der Waals surface area contributed by atoms with E-state index in [1.807, 2.05) is 6.92 Å². The number of carbonyl (C=O) groups is 1. The number of nitrogens with zero attached hydrogens (tertiary/aromatic N) is 4. The minimum absolute atomic E-state index is 0.0331. The molecule has 0 spiro atoms. The van der Waals surface area contributed by atoms with Crippen molar-refractivity contribution in [3.8, 4) is 11.5 Å². The number of fused-ring (bicyclic) bond motifs is 2. The first kappa shape index (κ1) is 20.2. The molecule has 164 valence electrons. The Labute approximate surface area is 181 Å². The van der Waals surface area contributed by atoms with Crippen LogP contribution < -0.4 is 14.4 Å². The number of sulfonamides is 1. The van der Waals surface area contributed by atoms with Crippen LogP contribution in [0, 0.1) is 6.92 Å². The molecule has 3 aliphatic heterocycles. The lowest BCUT2D eigenvalue weighted by atomic mass is 10.0. The van der Waals surface area contributed by atoms with Crippen molar-refractivity contribution in [2.75, 3.05) is 38.3 Å². The summed E-state index contributed by atoms with van der Waals surface area (Å²) in [6.45, 7) is 3.46. The smallest absolute Gasteiger partial charge is 0.243 e. The fourth-order valence-corrected chi connectivity index (χ4v) is 5.88. The topological polar surface area (TPSA) is 102 Å². The Bertz CT molecular complexity index is 1170. The molecule has 3 aliphatic rings. The number of hydrogen-bond donors (Lipinski definition) is 0. The molecular formula is C21H24N4O5S. The van der Waals surface area contributed by atoms with Crippen LogP contribution in [0.3, 0.4) is 0 Å². The minimum Gasteiger partial charge on any atom is -0.486 e. The van der Waals surface area contributed by atoms with Gasteiger partial charge in [0.15, 0.2) is 11.5 Å². The predicted octanol–water partition coefficient (Wildman–Crippen LogP) is 1.64. The standard InChI is InChI=1S/C21H24N4O5S/c1-13-16-4-6-19(26)24(2)21(16)23-20(22-13)14-7-8-25(12-14)31(27,28)15-3-5-17-18(11-15)30-10-9-29-17/h3,5,11,14H,4,6-10,12H2,1-2H3/t14-/m1/s1. The van der Waals surface area contributed by atoms with Gasteiger partial charge in [0.1, 0.15) is 24.9 Å². The first-order valence-electron chi connectivity index (χ1n) is 10.4. The van der Waals surface area contributed by atoms with Gasteiger partial charge in [-0.3, -0.25) is 9.69 Å². The second-order valence-electron chi connectivity index (χ2n) is 8.08. The molecule has 0 radical (unpaired) electrons. The van der Waals surface area contributed by atoms with Gasteiger partial charge >= 0.3 is 0 Å². The first-order chi connectivity index (χ1) is 14.8. The Morgan fingerprint density at radius 3 is 2.68 bits per heavy atom. The van der Waals surface area contributed by atoms with Gasteiger partial charge in [-0.15, -0.1) is 0 Å². The Morgan fingerprint density at radius 1 is 1.10 bits per heavy atom. The van der Waals surface area contributed by atoms with Crippen LogP contribution in [0.15, 0.2) is 23.1 Å². The second kappa shape index (κ2) is 7.45. The molecule has 1 atom stereocenters. The van der Waals surface area contributed by atoms with Gasteiger partial charge in [0, 0.05) is 49.8 Å². The highest BCUT2D eigenvalue weighted by Gasteiger charge is 2.36. The zero-order valence-electron chi connectivity index (χ0n) is 17.5. The van der Waals surface area contributed by atoms with Crippen molar-refractivity contribution in [2.45, 2.75) is 37.0 Å². The van der Waals surface area contributed by atoms with Gasteiger partial charge in [-0.1, -0.05) is 0 Å². The summed E-state index contributed by atoms with van der Waals surface area (Å²) in [5.41, 5.74) is 1.84. The average molecular weight is 445 g/mol. The van der Waals surface area contributed by atoms with E-state index in [0.717, 1.165) is 11.3 Å². The van der Waals surface area contributed by atoms with E-state index < -0.39 is 10.0 Å². The molecule has 5 rings (SSSR count). The van der Waals surface area contributed by atoms with E-state index >= 15 is 0 Å². The van der Waals surface area contributed by atoms with Gasteiger partial charge in [0.25, 0.3) is 0 Å². The number of aryl methyl sites for hydroxylation is 1. The van der Waals surface area contributed by atoms with Crippen molar-refractivity contribution >= 4 is 21.7 Å². The average Bonchev–Trinajstić information content (AvgIpc) is 3.27. The van der Waals surface area contributed by atoms with Crippen molar-refractivity contribution in [1.29, 1.82) is 0 Å². The highest BCUT2D eigenvalue weighted by atomic mass is 32.2. The lowest BCUT2D eigenvalue weighted by molar-refractivity contribution is -0.118.